The number of nitrogens with zero attached hydrogens (tertiary/aromatic N) is 3. The van der Waals surface area contributed by atoms with Crippen molar-refractivity contribution in [3.8, 4) is 0 Å². The van der Waals surface area contributed by atoms with Gasteiger partial charge in [-0.25, -0.2) is 22.7 Å². The molecule has 1 amide bonds. The molecule has 9 heteroatoms. The molecular weight excluding hydrogens is 530 g/mol. The summed E-state index contributed by atoms with van der Waals surface area (Å²) in [6.45, 7) is 0.292. The first-order valence-electron chi connectivity index (χ1n) is 13.5. The monoisotopic (exact) mass is 560 g/mol. The van der Waals surface area contributed by atoms with Gasteiger partial charge in [-0.15, -0.1) is 0 Å². The van der Waals surface area contributed by atoms with Crippen LogP contribution in [-0.2, 0) is 35.8 Å². The van der Waals surface area contributed by atoms with E-state index in [9.17, 15) is 17.8 Å². The molecule has 206 valence electrons. The highest BCUT2D eigenvalue weighted by molar-refractivity contribution is 7.83. The highest BCUT2D eigenvalue weighted by Gasteiger charge is 2.46. The van der Waals surface area contributed by atoms with Crippen molar-refractivity contribution < 1.29 is 17.8 Å². The first kappa shape index (κ1) is 26.5. The molecule has 6 nitrogen and oxygen atoms in total. The predicted molar refractivity (Wildman–Crippen MR) is 150 cm³/mol. The van der Waals surface area contributed by atoms with Crippen molar-refractivity contribution in [1.82, 2.24) is 14.3 Å². The van der Waals surface area contributed by atoms with Crippen LogP contribution in [0.5, 0.6) is 0 Å². The zero-order chi connectivity index (χ0) is 27.8. The van der Waals surface area contributed by atoms with E-state index in [1.54, 1.807) is 29.3 Å². The summed E-state index contributed by atoms with van der Waals surface area (Å²) in [6, 6.07) is 18.1. The minimum Gasteiger partial charge on any atom is -0.337 e. The number of anilines is 1. The van der Waals surface area contributed by atoms with Crippen LogP contribution in [0.2, 0.25) is 0 Å². The molecule has 4 aromatic rings. The molecule has 1 aromatic heterocycles. The number of hydrogen-bond acceptors (Lipinski definition) is 3. The minimum absolute atomic E-state index is 0.0206. The molecule has 40 heavy (non-hydrogen) atoms. The summed E-state index contributed by atoms with van der Waals surface area (Å²) in [7, 11) is 0.301. The fourth-order valence-corrected chi connectivity index (χ4v) is 6.68. The average molecular weight is 561 g/mol. The number of imidazole rings is 1. The molecule has 0 bridgehead atoms. The summed E-state index contributed by atoms with van der Waals surface area (Å²) >= 11 is 0. The molecular formula is C31H30F2N4O2S. The number of carbonyl (C=O) groups is 1. The van der Waals surface area contributed by atoms with Gasteiger partial charge in [-0.3, -0.25) is 4.79 Å². The summed E-state index contributed by atoms with van der Waals surface area (Å²) in [5.74, 6) is -0.277. The van der Waals surface area contributed by atoms with Gasteiger partial charge in [-0.2, -0.15) is 0 Å². The molecule has 3 aromatic carbocycles. The number of aromatic nitrogens is 2. The molecule has 0 spiro atoms. The van der Waals surface area contributed by atoms with Gasteiger partial charge >= 0.3 is 0 Å². The van der Waals surface area contributed by atoms with Crippen molar-refractivity contribution in [2.24, 2.45) is 13.0 Å². The standard InChI is InChI=1S/C31H30F2N4O2S/c1-36-14-13-34-30(36)19-37(31(38)28-18-26(28)21-6-2-7-22(32)15-21)24-12-11-20-5-3-10-29(27(20)17-24)35-40(39)25-9-4-8-23(33)16-25/h2,4,6-9,11-17,26,28-29,35H,3,5,10,18-19H2,1H3. The number of aryl methyl sites for hydroxylation is 2. The van der Waals surface area contributed by atoms with Gasteiger partial charge in [0.05, 0.1) is 11.4 Å². The largest absolute Gasteiger partial charge is 0.337 e. The number of amides is 1. The quantitative estimate of drug-likeness (QED) is 0.300. The Labute approximate surface area is 234 Å². The number of benzene rings is 3. The van der Waals surface area contributed by atoms with E-state index in [-0.39, 0.29) is 29.6 Å². The Bertz CT molecular complexity index is 1590. The van der Waals surface area contributed by atoms with E-state index >= 15 is 0 Å². The molecule has 1 saturated carbocycles. The van der Waals surface area contributed by atoms with E-state index < -0.39 is 16.8 Å². The van der Waals surface area contributed by atoms with E-state index in [4.69, 9.17) is 0 Å². The molecule has 6 rings (SSSR count). The Morgan fingerprint density at radius 3 is 2.65 bits per heavy atom. The van der Waals surface area contributed by atoms with E-state index in [1.165, 1.54) is 24.3 Å². The fourth-order valence-electron chi connectivity index (χ4n) is 5.62. The highest BCUT2D eigenvalue weighted by Crippen LogP contribution is 2.49. The zero-order valence-corrected chi connectivity index (χ0v) is 22.9. The van der Waals surface area contributed by atoms with Crippen LogP contribution in [0.4, 0.5) is 14.5 Å². The van der Waals surface area contributed by atoms with Gasteiger partial charge in [-0.1, -0.05) is 24.3 Å². The number of hydrogen-bond donors (Lipinski definition) is 1. The van der Waals surface area contributed by atoms with E-state index in [2.05, 4.69) is 9.71 Å². The number of nitrogens with one attached hydrogen (secondary N) is 1. The third-order valence-corrected chi connectivity index (χ3v) is 9.07. The van der Waals surface area contributed by atoms with E-state index in [1.807, 2.05) is 42.1 Å². The van der Waals surface area contributed by atoms with Crippen molar-refractivity contribution in [3.63, 3.8) is 0 Å². The maximum absolute atomic E-state index is 14.0. The van der Waals surface area contributed by atoms with E-state index in [0.29, 0.717) is 17.9 Å². The number of carbonyl (C=O) groups excluding carboxylic acids is 1. The third kappa shape index (κ3) is 5.48. The minimum atomic E-state index is -1.59. The van der Waals surface area contributed by atoms with Crippen LogP contribution in [0.25, 0.3) is 0 Å². The highest BCUT2D eigenvalue weighted by atomic mass is 32.2. The Kier molecular flexibility index (Phi) is 7.33. The first-order valence-corrected chi connectivity index (χ1v) is 14.6. The molecule has 4 atom stereocenters. The normalized spacial score (nSPS) is 20.5. The third-order valence-electron chi connectivity index (χ3n) is 7.89. The molecule has 0 radical (unpaired) electrons. The molecule has 2 aliphatic carbocycles. The summed E-state index contributed by atoms with van der Waals surface area (Å²) in [4.78, 5) is 20.5. The lowest BCUT2D eigenvalue weighted by atomic mass is 9.87. The molecule has 2 aliphatic rings. The SMILES string of the molecule is Cn1ccnc1CN(C(=O)C1CC1c1cccc(F)c1)c1ccc2c(c1)C(NS(=O)c1cccc(F)c1)CCC2. The Morgan fingerprint density at radius 2 is 1.90 bits per heavy atom. The summed E-state index contributed by atoms with van der Waals surface area (Å²) in [5.41, 5.74) is 3.70. The molecule has 4 unspecified atom stereocenters. The molecule has 1 N–H and O–H groups in total. The lowest BCUT2D eigenvalue weighted by Crippen LogP contribution is -2.34. The van der Waals surface area contributed by atoms with Gasteiger partial charge in [0.15, 0.2) is 0 Å². The average Bonchev–Trinajstić information content (AvgIpc) is 3.66. The van der Waals surface area contributed by atoms with E-state index in [0.717, 1.165) is 47.5 Å². The van der Waals surface area contributed by atoms with Gasteiger partial charge < -0.3 is 9.47 Å². The summed E-state index contributed by atoms with van der Waals surface area (Å²) in [6.07, 6.45) is 6.81. The molecule has 0 saturated heterocycles. The van der Waals surface area contributed by atoms with Crippen molar-refractivity contribution >= 4 is 22.6 Å². The topological polar surface area (TPSA) is 67.2 Å². The lowest BCUT2D eigenvalue weighted by Gasteiger charge is -2.29. The summed E-state index contributed by atoms with van der Waals surface area (Å²) < 4.78 is 45.8. The van der Waals surface area contributed by atoms with Gasteiger partial charge in [0, 0.05) is 37.1 Å². The van der Waals surface area contributed by atoms with Crippen LogP contribution in [0.3, 0.4) is 0 Å². The second-order valence-corrected chi connectivity index (χ2v) is 11.8. The smallest absolute Gasteiger partial charge is 0.231 e. The maximum atomic E-state index is 14.0. The Morgan fingerprint density at radius 1 is 1.10 bits per heavy atom. The number of rotatable bonds is 8. The van der Waals surface area contributed by atoms with Crippen molar-refractivity contribution in [1.29, 1.82) is 0 Å². The van der Waals surface area contributed by atoms with Crippen LogP contribution >= 0.6 is 0 Å². The zero-order valence-electron chi connectivity index (χ0n) is 22.1. The van der Waals surface area contributed by atoms with Gasteiger partial charge in [0.2, 0.25) is 5.91 Å². The van der Waals surface area contributed by atoms with Gasteiger partial charge in [-0.05, 0) is 90.8 Å². The van der Waals surface area contributed by atoms with Crippen molar-refractivity contribution in [2.45, 2.75) is 49.1 Å². The fraction of sp³-hybridized carbons (Fsp3) is 0.290. The first-order chi connectivity index (χ1) is 19.4. The molecule has 1 heterocycles. The Balaban J connectivity index is 1.30. The second kappa shape index (κ2) is 11.1. The van der Waals surface area contributed by atoms with Gasteiger partial charge in [0.1, 0.15) is 28.4 Å². The molecule has 1 fully saturated rings. The number of halogens is 2. The van der Waals surface area contributed by atoms with Gasteiger partial charge in [0.25, 0.3) is 0 Å². The molecule has 0 aliphatic heterocycles. The predicted octanol–water partition coefficient (Wildman–Crippen LogP) is 5.73. The lowest BCUT2D eigenvalue weighted by molar-refractivity contribution is -0.120. The second-order valence-electron chi connectivity index (χ2n) is 10.6. The van der Waals surface area contributed by atoms with Crippen LogP contribution in [-0.4, -0.2) is 19.7 Å². The maximum Gasteiger partial charge on any atom is 0.231 e. The van der Waals surface area contributed by atoms with Crippen LogP contribution in [0.1, 0.15) is 53.7 Å². The van der Waals surface area contributed by atoms with Crippen molar-refractivity contribution in [3.05, 3.63) is 113 Å². The van der Waals surface area contributed by atoms with Crippen LogP contribution in [0, 0.1) is 17.6 Å². The Hall–Kier alpha value is -3.69. The summed E-state index contributed by atoms with van der Waals surface area (Å²) in [5, 5.41) is 0. The van der Waals surface area contributed by atoms with Crippen LogP contribution < -0.4 is 9.62 Å². The van der Waals surface area contributed by atoms with Crippen LogP contribution in [0.15, 0.2) is 84.0 Å². The van der Waals surface area contributed by atoms with Crippen molar-refractivity contribution in [2.75, 3.05) is 4.90 Å². The number of fused-ring (bicyclic) bond motifs is 1.